The summed E-state index contributed by atoms with van der Waals surface area (Å²) >= 11 is 0. The van der Waals surface area contributed by atoms with Crippen molar-refractivity contribution in [2.24, 2.45) is 5.73 Å². The lowest BCUT2D eigenvalue weighted by Gasteiger charge is -2.15. The van der Waals surface area contributed by atoms with Gasteiger partial charge in [0.2, 0.25) is 5.91 Å². The number of hydrogen-bond donors (Lipinski definition) is 2. The fraction of sp³-hybridized carbons (Fsp3) is 0.562. The van der Waals surface area contributed by atoms with Gasteiger partial charge in [0.1, 0.15) is 11.9 Å². The molecule has 0 spiro atoms. The minimum atomic E-state index is -0.375. The van der Waals surface area contributed by atoms with Gasteiger partial charge >= 0.3 is 0 Å². The van der Waals surface area contributed by atoms with E-state index in [1.165, 1.54) is 0 Å². The zero-order valence-corrected chi connectivity index (χ0v) is 12.7. The molecular weight excluding hydrogens is 268 g/mol. The highest BCUT2D eigenvalue weighted by Gasteiger charge is 2.29. The van der Waals surface area contributed by atoms with E-state index in [9.17, 15) is 4.79 Å². The smallest absolute Gasteiger partial charge is 0.249 e. The quantitative estimate of drug-likeness (QED) is 0.833. The second-order valence-corrected chi connectivity index (χ2v) is 5.32. The van der Waals surface area contributed by atoms with E-state index in [1.807, 2.05) is 32.0 Å². The van der Waals surface area contributed by atoms with Crippen molar-refractivity contribution in [1.82, 2.24) is 5.32 Å². The number of hydrogen-bond acceptors (Lipinski definition) is 4. The summed E-state index contributed by atoms with van der Waals surface area (Å²) in [4.78, 5) is 12.1. The summed E-state index contributed by atoms with van der Waals surface area (Å²) in [6, 6.07) is 5.99. The van der Waals surface area contributed by atoms with Crippen molar-refractivity contribution >= 4 is 5.91 Å². The third-order valence-corrected chi connectivity index (χ3v) is 3.64. The Morgan fingerprint density at radius 1 is 1.48 bits per heavy atom. The fourth-order valence-corrected chi connectivity index (χ4v) is 2.47. The molecular formula is C16H24N2O3. The van der Waals surface area contributed by atoms with Gasteiger partial charge in [-0.05, 0) is 38.3 Å². The van der Waals surface area contributed by atoms with Crippen molar-refractivity contribution in [2.75, 3.05) is 13.2 Å². The van der Waals surface area contributed by atoms with Crippen LogP contribution in [0, 0.1) is 6.92 Å². The Morgan fingerprint density at radius 2 is 2.29 bits per heavy atom. The van der Waals surface area contributed by atoms with Crippen LogP contribution in [0.2, 0.25) is 0 Å². The van der Waals surface area contributed by atoms with Crippen LogP contribution in [-0.4, -0.2) is 31.3 Å². The van der Waals surface area contributed by atoms with Gasteiger partial charge in [-0.25, -0.2) is 0 Å². The van der Waals surface area contributed by atoms with E-state index in [0.29, 0.717) is 19.7 Å². The van der Waals surface area contributed by atoms with Crippen molar-refractivity contribution in [3.8, 4) is 5.75 Å². The highest BCUT2D eigenvalue weighted by atomic mass is 16.5. The zero-order valence-electron chi connectivity index (χ0n) is 12.7. The van der Waals surface area contributed by atoms with Gasteiger partial charge in [0.15, 0.2) is 0 Å². The van der Waals surface area contributed by atoms with Crippen LogP contribution in [-0.2, 0) is 16.1 Å². The van der Waals surface area contributed by atoms with Crippen molar-refractivity contribution in [2.45, 2.75) is 45.4 Å². The predicted octanol–water partition coefficient (Wildman–Crippen LogP) is 1.52. The molecule has 0 bridgehead atoms. The topological polar surface area (TPSA) is 73.6 Å². The first kappa shape index (κ1) is 15.8. The number of carbonyl (C=O) groups excluding carboxylic acids is 1. The normalized spacial score (nSPS) is 21.3. The maximum atomic E-state index is 12.1. The minimum Gasteiger partial charge on any atom is -0.494 e. The molecule has 21 heavy (non-hydrogen) atoms. The van der Waals surface area contributed by atoms with Gasteiger partial charge in [-0.1, -0.05) is 12.1 Å². The molecule has 2 atom stereocenters. The maximum absolute atomic E-state index is 12.1. The van der Waals surface area contributed by atoms with E-state index in [0.717, 1.165) is 29.7 Å². The SMILES string of the molecule is CCOc1cc(C)ccc1CNC(=O)[C@@H]1CC[C@H](CN)O1. The minimum absolute atomic E-state index is 0.0131. The Balaban J connectivity index is 1.92. The summed E-state index contributed by atoms with van der Waals surface area (Å²) in [5.41, 5.74) is 7.67. The summed E-state index contributed by atoms with van der Waals surface area (Å²) < 4.78 is 11.2. The Hall–Kier alpha value is -1.59. The lowest BCUT2D eigenvalue weighted by Crippen LogP contribution is -2.35. The van der Waals surface area contributed by atoms with Crippen LogP contribution in [0.25, 0.3) is 0 Å². The lowest BCUT2D eigenvalue weighted by molar-refractivity contribution is -0.132. The number of nitrogens with one attached hydrogen (secondary N) is 1. The Labute approximate surface area is 125 Å². The molecule has 0 unspecified atom stereocenters. The average Bonchev–Trinajstić information content (AvgIpc) is 2.95. The van der Waals surface area contributed by atoms with Crippen LogP contribution in [0.5, 0.6) is 5.75 Å². The van der Waals surface area contributed by atoms with Crippen molar-refractivity contribution in [3.63, 3.8) is 0 Å². The lowest BCUT2D eigenvalue weighted by atomic mass is 10.1. The van der Waals surface area contributed by atoms with Crippen LogP contribution in [0.1, 0.15) is 30.9 Å². The molecule has 2 rings (SSSR count). The third-order valence-electron chi connectivity index (χ3n) is 3.64. The molecule has 1 aromatic carbocycles. The molecule has 0 radical (unpaired) electrons. The van der Waals surface area contributed by atoms with E-state index < -0.39 is 0 Å². The van der Waals surface area contributed by atoms with E-state index >= 15 is 0 Å². The molecule has 1 saturated heterocycles. The molecule has 1 heterocycles. The van der Waals surface area contributed by atoms with Gasteiger partial charge in [0.25, 0.3) is 0 Å². The van der Waals surface area contributed by atoms with E-state index in [2.05, 4.69) is 5.32 Å². The number of rotatable bonds is 6. The van der Waals surface area contributed by atoms with Crippen molar-refractivity contribution in [3.05, 3.63) is 29.3 Å². The molecule has 5 nitrogen and oxygen atoms in total. The van der Waals surface area contributed by atoms with Crippen LogP contribution < -0.4 is 15.8 Å². The molecule has 0 aliphatic carbocycles. The largest absolute Gasteiger partial charge is 0.494 e. The molecule has 1 aliphatic rings. The van der Waals surface area contributed by atoms with Gasteiger partial charge in [-0.15, -0.1) is 0 Å². The summed E-state index contributed by atoms with van der Waals surface area (Å²) in [6.45, 7) is 5.49. The molecule has 1 amide bonds. The average molecular weight is 292 g/mol. The Bertz CT molecular complexity index is 490. The maximum Gasteiger partial charge on any atom is 0.249 e. The van der Waals surface area contributed by atoms with Crippen molar-refractivity contribution in [1.29, 1.82) is 0 Å². The van der Waals surface area contributed by atoms with E-state index in [1.54, 1.807) is 0 Å². The second kappa shape index (κ2) is 7.43. The highest BCUT2D eigenvalue weighted by molar-refractivity contribution is 5.81. The van der Waals surface area contributed by atoms with Crippen LogP contribution in [0.15, 0.2) is 18.2 Å². The molecule has 5 heteroatoms. The Kier molecular flexibility index (Phi) is 5.59. The number of ether oxygens (including phenoxy) is 2. The second-order valence-electron chi connectivity index (χ2n) is 5.32. The summed E-state index contributed by atoms with van der Waals surface area (Å²) in [5.74, 6) is 0.749. The summed E-state index contributed by atoms with van der Waals surface area (Å²) in [5, 5.41) is 2.92. The number of nitrogens with two attached hydrogens (primary N) is 1. The number of carbonyl (C=O) groups is 1. The first-order chi connectivity index (χ1) is 10.1. The molecule has 0 saturated carbocycles. The molecule has 3 N–H and O–H groups in total. The predicted molar refractivity (Wildman–Crippen MR) is 81.1 cm³/mol. The van der Waals surface area contributed by atoms with Crippen LogP contribution in [0.3, 0.4) is 0 Å². The van der Waals surface area contributed by atoms with Gasteiger partial charge in [-0.3, -0.25) is 4.79 Å². The molecule has 1 aromatic rings. The molecule has 1 aliphatic heterocycles. The van der Waals surface area contributed by atoms with Gasteiger partial charge < -0.3 is 20.5 Å². The van der Waals surface area contributed by atoms with Gasteiger partial charge in [0.05, 0.1) is 12.7 Å². The van der Waals surface area contributed by atoms with Gasteiger partial charge in [0, 0.05) is 18.7 Å². The first-order valence-corrected chi connectivity index (χ1v) is 7.49. The zero-order chi connectivity index (χ0) is 15.2. The highest BCUT2D eigenvalue weighted by Crippen LogP contribution is 2.22. The number of aryl methyl sites for hydroxylation is 1. The first-order valence-electron chi connectivity index (χ1n) is 7.49. The van der Waals surface area contributed by atoms with Crippen LogP contribution >= 0.6 is 0 Å². The number of benzene rings is 1. The number of amides is 1. The van der Waals surface area contributed by atoms with E-state index in [4.69, 9.17) is 15.2 Å². The molecule has 0 aromatic heterocycles. The summed E-state index contributed by atoms with van der Waals surface area (Å²) in [7, 11) is 0. The Morgan fingerprint density at radius 3 is 2.95 bits per heavy atom. The fourth-order valence-electron chi connectivity index (χ4n) is 2.47. The molecule has 116 valence electrons. The summed E-state index contributed by atoms with van der Waals surface area (Å²) in [6.07, 6.45) is 1.22. The van der Waals surface area contributed by atoms with Crippen molar-refractivity contribution < 1.29 is 14.3 Å². The van der Waals surface area contributed by atoms with Gasteiger partial charge in [-0.2, -0.15) is 0 Å². The monoisotopic (exact) mass is 292 g/mol. The van der Waals surface area contributed by atoms with Crippen LogP contribution in [0.4, 0.5) is 0 Å². The third kappa shape index (κ3) is 4.19. The standard InChI is InChI=1S/C16H24N2O3/c1-3-20-15-8-11(2)4-5-12(15)10-18-16(19)14-7-6-13(9-17)21-14/h4-5,8,13-14H,3,6-7,9-10,17H2,1-2H3,(H,18,19)/t13-,14+/m1/s1. The molecule has 1 fully saturated rings. The van der Waals surface area contributed by atoms with E-state index in [-0.39, 0.29) is 18.1 Å².